The van der Waals surface area contributed by atoms with E-state index in [1.165, 1.54) is 14.2 Å². The Kier molecular flexibility index (Phi) is 6.65. The number of ketones is 1. The van der Waals surface area contributed by atoms with Gasteiger partial charge in [0.2, 0.25) is 0 Å². The van der Waals surface area contributed by atoms with Crippen LogP contribution in [0.25, 0.3) is 5.76 Å². The van der Waals surface area contributed by atoms with Gasteiger partial charge >= 0.3 is 0 Å². The van der Waals surface area contributed by atoms with Crippen molar-refractivity contribution in [3.8, 4) is 11.5 Å². The van der Waals surface area contributed by atoms with Crippen LogP contribution >= 0.6 is 0 Å². The average molecular weight is 426 g/mol. The summed E-state index contributed by atoms with van der Waals surface area (Å²) in [7, 11) is 6.99. The number of hydrogen-bond donors (Lipinski definition) is 2. The molecule has 2 aromatic rings. The molecule has 1 amide bonds. The standard InChI is InChI=1S/C24H28N2O5/c1-15-6-8-16(9-7-15)21-20(23(28)24(29)26(21)13-12-25(2)3)22(27)17-10-11-18(30-4)19(14-17)31-5/h6-11,14,21,27H,12-13H2,1-5H3/p+1/t21-/m0/s1. The molecule has 0 spiro atoms. The third-order valence-corrected chi connectivity index (χ3v) is 5.44. The average Bonchev–Trinajstić information content (AvgIpc) is 3.01. The summed E-state index contributed by atoms with van der Waals surface area (Å²) in [6.45, 7) is 3.04. The van der Waals surface area contributed by atoms with Crippen LogP contribution in [0.4, 0.5) is 0 Å². The number of quaternary nitrogens is 1. The molecule has 0 bridgehead atoms. The van der Waals surface area contributed by atoms with Crippen molar-refractivity contribution < 1.29 is 29.1 Å². The first-order valence-corrected chi connectivity index (χ1v) is 10.1. The first-order valence-electron chi connectivity index (χ1n) is 10.1. The lowest BCUT2D eigenvalue weighted by molar-refractivity contribution is -0.857. The number of nitrogens with zero attached hydrogens (tertiary/aromatic N) is 1. The van der Waals surface area contributed by atoms with Gasteiger partial charge in [-0.2, -0.15) is 0 Å². The van der Waals surface area contributed by atoms with Crippen LogP contribution in [-0.4, -0.2) is 63.1 Å². The van der Waals surface area contributed by atoms with Crippen molar-refractivity contribution in [1.82, 2.24) is 4.90 Å². The van der Waals surface area contributed by atoms with Gasteiger partial charge in [-0.25, -0.2) is 0 Å². The van der Waals surface area contributed by atoms with E-state index in [2.05, 4.69) is 0 Å². The summed E-state index contributed by atoms with van der Waals surface area (Å²) >= 11 is 0. The molecule has 1 aliphatic rings. The number of aliphatic hydroxyl groups is 1. The summed E-state index contributed by atoms with van der Waals surface area (Å²) in [6, 6.07) is 11.9. The van der Waals surface area contributed by atoms with E-state index in [-0.39, 0.29) is 11.3 Å². The molecule has 3 rings (SSSR count). The van der Waals surface area contributed by atoms with E-state index >= 15 is 0 Å². The molecule has 164 valence electrons. The van der Waals surface area contributed by atoms with Crippen molar-refractivity contribution >= 4 is 17.4 Å². The van der Waals surface area contributed by atoms with E-state index in [0.29, 0.717) is 30.2 Å². The first kappa shape index (κ1) is 22.4. The van der Waals surface area contributed by atoms with Gasteiger partial charge in [-0.1, -0.05) is 29.8 Å². The zero-order valence-corrected chi connectivity index (χ0v) is 18.6. The van der Waals surface area contributed by atoms with E-state index in [0.717, 1.165) is 16.0 Å². The first-order chi connectivity index (χ1) is 14.8. The number of methoxy groups -OCH3 is 2. The zero-order valence-electron chi connectivity index (χ0n) is 18.6. The van der Waals surface area contributed by atoms with Crippen molar-refractivity contribution in [2.75, 3.05) is 41.4 Å². The fraction of sp³-hybridized carbons (Fsp3) is 0.333. The quantitative estimate of drug-likeness (QED) is 0.400. The number of aryl methyl sites for hydroxylation is 1. The van der Waals surface area contributed by atoms with Crippen LogP contribution in [0.1, 0.15) is 22.7 Å². The van der Waals surface area contributed by atoms with Gasteiger partial charge in [0.25, 0.3) is 11.7 Å². The van der Waals surface area contributed by atoms with Crippen LogP contribution in [0.15, 0.2) is 48.0 Å². The van der Waals surface area contributed by atoms with E-state index in [4.69, 9.17) is 9.47 Å². The van der Waals surface area contributed by atoms with Gasteiger partial charge in [-0.05, 0) is 30.7 Å². The van der Waals surface area contributed by atoms with Crippen molar-refractivity contribution in [2.45, 2.75) is 13.0 Å². The smallest absolute Gasteiger partial charge is 0.295 e. The number of Topliss-reactive ketones (excluding diaryl/α,β-unsaturated/α-hetero) is 1. The zero-order chi connectivity index (χ0) is 22.7. The molecule has 0 radical (unpaired) electrons. The maximum Gasteiger partial charge on any atom is 0.295 e. The van der Waals surface area contributed by atoms with Crippen molar-refractivity contribution in [3.63, 3.8) is 0 Å². The number of likely N-dealkylation sites (tertiary alicyclic amines) is 1. The predicted molar refractivity (Wildman–Crippen MR) is 117 cm³/mol. The van der Waals surface area contributed by atoms with Gasteiger partial charge in [0.15, 0.2) is 11.5 Å². The summed E-state index contributed by atoms with van der Waals surface area (Å²) in [4.78, 5) is 28.7. The number of aliphatic hydroxyl groups excluding tert-OH is 1. The third-order valence-electron chi connectivity index (χ3n) is 5.44. The lowest BCUT2D eigenvalue weighted by atomic mass is 9.94. The summed E-state index contributed by atoms with van der Waals surface area (Å²) in [6.07, 6.45) is 0. The molecule has 0 unspecified atom stereocenters. The Morgan fingerprint density at radius 1 is 1.03 bits per heavy atom. The van der Waals surface area contributed by atoms with Crippen LogP contribution in [0.3, 0.4) is 0 Å². The maximum absolute atomic E-state index is 13.0. The molecule has 0 saturated carbocycles. The molecule has 1 aliphatic heterocycles. The van der Waals surface area contributed by atoms with Crippen LogP contribution in [0.2, 0.25) is 0 Å². The SMILES string of the molecule is COc1ccc(C(O)=C2C(=O)C(=O)N(CC[NH+](C)C)[C@H]2c2ccc(C)cc2)cc1OC. The highest BCUT2D eigenvalue weighted by molar-refractivity contribution is 6.46. The topological polar surface area (TPSA) is 80.5 Å². The van der Waals surface area contributed by atoms with E-state index < -0.39 is 17.7 Å². The highest BCUT2D eigenvalue weighted by Crippen LogP contribution is 2.40. The fourth-order valence-corrected chi connectivity index (χ4v) is 3.69. The Labute approximate surface area is 182 Å². The molecule has 31 heavy (non-hydrogen) atoms. The minimum Gasteiger partial charge on any atom is -0.507 e. The molecule has 0 aromatic heterocycles. The minimum absolute atomic E-state index is 0.0785. The summed E-state index contributed by atoms with van der Waals surface area (Å²) in [5.74, 6) is -0.600. The Hall–Kier alpha value is -3.32. The number of ether oxygens (including phenoxy) is 2. The normalized spacial score (nSPS) is 18.0. The van der Waals surface area contributed by atoms with E-state index in [1.54, 1.807) is 23.1 Å². The number of nitrogens with one attached hydrogen (secondary N) is 1. The van der Waals surface area contributed by atoms with E-state index in [1.807, 2.05) is 45.3 Å². The predicted octanol–water partition coefficient (Wildman–Crippen LogP) is 1.58. The third kappa shape index (κ3) is 4.41. The number of carbonyl (C=O) groups excluding carboxylic acids is 2. The lowest BCUT2D eigenvalue weighted by Crippen LogP contribution is -3.06. The Morgan fingerprint density at radius 3 is 2.26 bits per heavy atom. The monoisotopic (exact) mass is 425 g/mol. The largest absolute Gasteiger partial charge is 0.507 e. The number of carbonyl (C=O) groups is 2. The molecule has 7 nitrogen and oxygen atoms in total. The lowest BCUT2D eigenvalue weighted by Gasteiger charge is -2.25. The summed E-state index contributed by atoms with van der Waals surface area (Å²) in [5.41, 5.74) is 2.31. The van der Waals surface area contributed by atoms with Crippen LogP contribution in [0.5, 0.6) is 11.5 Å². The van der Waals surface area contributed by atoms with Gasteiger partial charge in [0, 0.05) is 5.56 Å². The maximum atomic E-state index is 13.0. The molecule has 2 N–H and O–H groups in total. The number of hydrogen-bond acceptors (Lipinski definition) is 5. The minimum atomic E-state index is -0.688. The molecule has 1 fully saturated rings. The molecule has 7 heteroatoms. The number of likely N-dealkylation sites (N-methyl/N-ethyl adjacent to an activating group) is 1. The molecule has 1 saturated heterocycles. The molecule has 0 aliphatic carbocycles. The second-order valence-electron chi connectivity index (χ2n) is 7.93. The van der Waals surface area contributed by atoms with Gasteiger partial charge in [-0.3, -0.25) is 9.59 Å². The van der Waals surface area contributed by atoms with Gasteiger partial charge in [-0.15, -0.1) is 0 Å². The van der Waals surface area contributed by atoms with Crippen LogP contribution < -0.4 is 14.4 Å². The second-order valence-corrected chi connectivity index (χ2v) is 7.93. The molecular weight excluding hydrogens is 396 g/mol. The molecule has 1 atom stereocenters. The Bertz CT molecular complexity index is 1010. The molecular formula is C24H29N2O5+. The molecule has 2 aromatic carbocycles. The van der Waals surface area contributed by atoms with Gasteiger partial charge < -0.3 is 24.4 Å². The second kappa shape index (κ2) is 9.22. The number of rotatable bonds is 7. The summed E-state index contributed by atoms with van der Waals surface area (Å²) in [5, 5.41) is 11.2. The molecule has 1 heterocycles. The van der Waals surface area contributed by atoms with Gasteiger partial charge in [0.05, 0.1) is 53.0 Å². The number of amides is 1. The van der Waals surface area contributed by atoms with Crippen LogP contribution in [-0.2, 0) is 9.59 Å². The van der Waals surface area contributed by atoms with Crippen molar-refractivity contribution in [3.05, 3.63) is 64.7 Å². The number of benzene rings is 2. The van der Waals surface area contributed by atoms with Crippen molar-refractivity contribution in [2.24, 2.45) is 0 Å². The Morgan fingerprint density at radius 2 is 1.68 bits per heavy atom. The Balaban J connectivity index is 2.15. The highest BCUT2D eigenvalue weighted by Gasteiger charge is 2.46. The highest BCUT2D eigenvalue weighted by atomic mass is 16.5. The van der Waals surface area contributed by atoms with Crippen molar-refractivity contribution in [1.29, 1.82) is 0 Å². The van der Waals surface area contributed by atoms with Crippen LogP contribution in [0, 0.1) is 6.92 Å². The summed E-state index contributed by atoms with van der Waals surface area (Å²) < 4.78 is 10.6. The van der Waals surface area contributed by atoms with E-state index in [9.17, 15) is 14.7 Å². The fourth-order valence-electron chi connectivity index (χ4n) is 3.69. The van der Waals surface area contributed by atoms with Gasteiger partial charge in [0.1, 0.15) is 5.76 Å².